The fourth-order valence-electron chi connectivity index (χ4n) is 1.40. The van der Waals surface area contributed by atoms with E-state index >= 15 is 0 Å². The van der Waals surface area contributed by atoms with Crippen LogP contribution in [0.1, 0.15) is 12.6 Å². The number of hydrogen-bond acceptors (Lipinski definition) is 5. The van der Waals surface area contributed by atoms with Crippen molar-refractivity contribution in [2.24, 2.45) is 0 Å². The van der Waals surface area contributed by atoms with Gasteiger partial charge in [-0.05, 0) is 19.1 Å². The number of carbonyl (C=O) groups is 1. The van der Waals surface area contributed by atoms with Gasteiger partial charge in [0.2, 0.25) is 0 Å². The largest absolute Gasteiger partial charge is 0.466 e. The number of rotatable bonds is 4. The molecule has 0 saturated carbocycles. The lowest BCUT2D eigenvalue weighted by Crippen LogP contribution is -2.07. The Morgan fingerprint density at radius 3 is 3.11 bits per heavy atom. The summed E-state index contributed by atoms with van der Waals surface area (Å²) >= 11 is 1.26. The van der Waals surface area contributed by atoms with Gasteiger partial charge in [-0.1, -0.05) is 0 Å². The molecule has 0 bridgehead atoms. The Kier molecular flexibility index (Phi) is 3.99. The van der Waals surface area contributed by atoms with Crippen molar-refractivity contribution in [3.05, 3.63) is 35.2 Å². The normalized spacial score (nSPS) is 10.3. The van der Waals surface area contributed by atoms with Crippen LogP contribution >= 0.6 is 11.3 Å². The summed E-state index contributed by atoms with van der Waals surface area (Å²) in [7, 11) is 0. The van der Waals surface area contributed by atoms with Crippen LogP contribution in [0, 0.1) is 5.82 Å². The Morgan fingerprint density at radius 2 is 2.39 bits per heavy atom. The van der Waals surface area contributed by atoms with Crippen LogP contribution in [0.15, 0.2) is 23.7 Å². The molecule has 0 N–H and O–H groups in total. The van der Waals surface area contributed by atoms with Crippen LogP contribution in [0.2, 0.25) is 0 Å². The second-order valence-corrected chi connectivity index (χ2v) is 4.32. The van der Waals surface area contributed by atoms with Crippen LogP contribution in [-0.4, -0.2) is 22.5 Å². The average molecular weight is 266 g/mol. The van der Waals surface area contributed by atoms with Crippen molar-refractivity contribution in [2.75, 3.05) is 6.61 Å². The van der Waals surface area contributed by atoms with Gasteiger partial charge in [-0.25, -0.2) is 9.37 Å². The highest BCUT2D eigenvalue weighted by atomic mass is 32.1. The first-order chi connectivity index (χ1) is 8.70. The van der Waals surface area contributed by atoms with E-state index in [9.17, 15) is 9.18 Å². The van der Waals surface area contributed by atoms with Crippen LogP contribution in [0.25, 0.3) is 10.7 Å². The number of esters is 1. The summed E-state index contributed by atoms with van der Waals surface area (Å²) in [5.74, 6) is -0.759. The second kappa shape index (κ2) is 5.68. The molecule has 0 saturated heterocycles. The minimum Gasteiger partial charge on any atom is -0.466 e. The summed E-state index contributed by atoms with van der Waals surface area (Å²) in [6.07, 6.45) is 1.60. The molecule has 0 unspecified atom stereocenters. The van der Waals surface area contributed by atoms with Crippen LogP contribution in [0.3, 0.4) is 0 Å². The van der Waals surface area contributed by atoms with Crippen molar-refractivity contribution in [1.29, 1.82) is 0 Å². The van der Waals surface area contributed by atoms with Gasteiger partial charge in [0.15, 0.2) is 5.82 Å². The Balaban J connectivity index is 2.16. The molecule has 0 aromatic carbocycles. The molecule has 0 atom stereocenters. The van der Waals surface area contributed by atoms with E-state index in [1.165, 1.54) is 29.7 Å². The van der Waals surface area contributed by atoms with Crippen LogP contribution < -0.4 is 0 Å². The highest BCUT2D eigenvalue weighted by Gasteiger charge is 2.12. The summed E-state index contributed by atoms with van der Waals surface area (Å²) in [6, 6.07) is 2.85. The van der Waals surface area contributed by atoms with Crippen molar-refractivity contribution in [3.8, 4) is 10.7 Å². The molecule has 4 nitrogen and oxygen atoms in total. The number of hydrogen-bond donors (Lipinski definition) is 0. The standard InChI is InChI=1S/C12H11FN2O2S/c1-2-17-10(16)6-8-7-18-12(15-8)11-9(13)4-3-5-14-11/h3-5,7H,2,6H2,1H3. The van der Waals surface area contributed by atoms with E-state index in [0.717, 1.165) is 0 Å². The summed E-state index contributed by atoms with van der Waals surface area (Å²) in [5, 5.41) is 2.17. The Bertz CT molecular complexity index is 557. The van der Waals surface area contributed by atoms with Gasteiger partial charge in [-0.2, -0.15) is 0 Å². The number of nitrogens with zero attached hydrogens (tertiary/aromatic N) is 2. The first-order valence-electron chi connectivity index (χ1n) is 5.41. The lowest BCUT2D eigenvalue weighted by Gasteiger charge is -1.98. The minimum atomic E-state index is -0.422. The summed E-state index contributed by atoms with van der Waals surface area (Å²) < 4.78 is 18.3. The smallest absolute Gasteiger partial charge is 0.311 e. The first-order valence-corrected chi connectivity index (χ1v) is 6.29. The molecule has 2 aromatic rings. The van der Waals surface area contributed by atoms with E-state index in [1.54, 1.807) is 12.3 Å². The van der Waals surface area contributed by atoms with Crippen molar-refractivity contribution in [3.63, 3.8) is 0 Å². The number of aromatic nitrogens is 2. The first kappa shape index (κ1) is 12.6. The average Bonchev–Trinajstić information content (AvgIpc) is 2.78. The van der Waals surface area contributed by atoms with Gasteiger partial charge in [0.1, 0.15) is 10.7 Å². The maximum atomic E-state index is 13.5. The third-order valence-electron chi connectivity index (χ3n) is 2.14. The molecule has 2 rings (SSSR count). The van der Waals surface area contributed by atoms with E-state index in [4.69, 9.17) is 4.74 Å². The molecule has 0 radical (unpaired) electrons. The summed E-state index contributed by atoms with van der Waals surface area (Å²) in [6.45, 7) is 2.08. The molecule has 0 aliphatic rings. The molecule has 0 fully saturated rings. The quantitative estimate of drug-likeness (QED) is 0.798. The zero-order chi connectivity index (χ0) is 13.0. The number of carbonyl (C=O) groups excluding carboxylic acids is 1. The zero-order valence-corrected chi connectivity index (χ0v) is 10.5. The van der Waals surface area contributed by atoms with Crippen molar-refractivity contribution >= 4 is 17.3 Å². The van der Waals surface area contributed by atoms with Gasteiger partial charge < -0.3 is 4.74 Å². The molecule has 0 aliphatic heterocycles. The van der Waals surface area contributed by atoms with Gasteiger partial charge in [0.25, 0.3) is 0 Å². The van der Waals surface area contributed by atoms with Gasteiger partial charge >= 0.3 is 5.97 Å². The summed E-state index contributed by atoms with van der Waals surface area (Å²) in [5.41, 5.74) is 0.774. The maximum absolute atomic E-state index is 13.5. The van der Waals surface area contributed by atoms with Gasteiger partial charge in [-0.3, -0.25) is 9.78 Å². The SMILES string of the molecule is CCOC(=O)Cc1csc(-c2ncccc2F)n1. The lowest BCUT2D eigenvalue weighted by molar-refractivity contribution is -0.142. The number of pyridine rings is 1. The Labute approximate surface area is 107 Å². The van der Waals surface area contributed by atoms with E-state index < -0.39 is 5.82 Å². The Morgan fingerprint density at radius 1 is 1.56 bits per heavy atom. The highest BCUT2D eigenvalue weighted by Crippen LogP contribution is 2.24. The minimum absolute atomic E-state index is 0.0960. The molecule has 94 valence electrons. The van der Waals surface area contributed by atoms with Gasteiger partial charge in [-0.15, -0.1) is 11.3 Å². The number of halogens is 1. The molecule has 0 spiro atoms. The third-order valence-corrected chi connectivity index (χ3v) is 3.04. The van der Waals surface area contributed by atoms with Crippen LogP contribution in [0.4, 0.5) is 4.39 Å². The molecule has 2 aromatic heterocycles. The summed E-state index contributed by atoms with van der Waals surface area (Å²) in [4.78, 5) is 19.4. The fraction of sp³-hybridized carbons (Fsp3) is 0.250. The van der Waals surface area contributed by atoms with Crippen LogP contribution in [-0.2, 0) is 16.0 Å². The van der Waals surface area contributed by atoms with Crippen LogP contribution in [0.5, 0.6) is 0 Å². The third kappa shape index (κ3) is 2.89. The maximum Gasteiger partial charge on any atom is 0.311 e. The van der Waals surface area contributed by atoms with Gasteiger partial charge in [0.05, 0.1) is 18.7 Å². The van der Waals surface area contributed by atoms with Gasteiger partial charge in [0, 0.05) is 11.6 Å². The van der Waals surface area contributed by atoms with Crippen molar-refractivity contribution in [1.82, 2.24) is 9.97 Å². The molecular weight excluding hydrogens is 255 g/mol. The molecule has 2 heterocycles. The van der Waals surface area contributed by atoms with E-state index in [-0.39, 0.29) is 18.1 Å². The van der Waals surface area contributed by atoms with Crippen molar-refractivity contribution in [2.45, 2.75) is 13.3 Å². The predicted molar refractivity (Wildman–Crippen MR) is 65.6 cm³/mol. The molecule has 6 heteroatoms. The van der Waals surface area contributed by atoms with Crippen molar-refractivity contribution < 1.29 is 13.9 Å². The van der Waals surface area contributed by atoms with E-state index in [0.29, 0.717) is 17.3 Å². The Hall–Kier alpha value is -1.82. The topological polar surface area (TPSA) is 52.1 Å². The zero-order valence-electron chi connectivity index (χ0n) is 9.72. The molecular formula is C12H11FN2O2S. The lowest BCUT2D eigenvalue weighted by atomic mass is 10.3. The molecule has 0 aliphatic carbocycles. The molecule has 18 heavy (non-hydrogen) atoms. The second-order valence-electron chi connectivity index (χ2n) is 3.46. The monoisotopic (exact) mass is 266 g/mol. The van der Waals surface area contributed by atoms with E-state index in [2.05, 4.69) is 9.97 Å². The number of thiazole rings is 1. The van der Waals surface area contributed by atoms with E-state index in [1.807, 2.05) is 0 Å². The highest BCUT2D eigenvalue weighted by molar-refractivity contribution is 7.13. The molecule has 0 amide bonds. The fourth-order valence-corrected chi connectivity index (χ4v) is 2.22. The predicted octanol–water partition coefficient (Wildman–Crippen LogP) is 2.45. The number of ether oxygens (including phenoxy) is 1.